The molecule has 1 aromatic heterocycles. The summed E-state index contributed by atoms with van der Waals surface area (Å²) in [6.07, 6.45) is 0.817. The number of aliphatic hydroxyl groups is 1. The van der Waals surface area contributed by atoms with Crippen LogP contribution in [0.15, 0.2) is 23.1 Å². The maximum absolute atomic E-state index is 14.0. The molecule has 0 saturated carbocycles. The molecule has 0 spiro atoms. The average Bonchev–Trinajstić information content (AvgIpc) is 3.60. The van der Waals surface area contributed by atoms with Crippen LogP contribution in [-0.4, -0.2) is 99.1 Å². The number of alkyl halides is 3. The number of hydrogen-bond acceptors (Lipinski definition) is 7. The van der Waals surface area contributed by atoms with Gasteiger partial charge >= 0.3 is 18.0 Å². The van der Waals surface area contributed by atoms with Crippen molar-refractivity contribution in [3.8, 4) is 11.3 Å². The number of carbonyl (C=O) groups is 2. The number of rotatable bonds is 9. The molecule has 1 atom stereocenters. The van der Waals surface area contributed by atoms with E-state index in [1.807, 2.05) is 0 Å². The first kappa shape index (κ1) is 30.8. The van der Waals surface area contributed by atoms with Gasteiger partial charge in [-0.25, -0.2) is 0 Å². The van der Waals surface area contributed by atoms with E-state index in [0.717, 1.165) is 70.2 Å². The highest BCUT2D eigenvalue weighted by molar-refractivity contribution is 7.99. The van der Waals surface area contributed by atoms with Gasteiger partial charge in [-0.05, 0) is 64.0 Å². The fourth-order valence-electron chi connectivity index (χ4n) is 6.21. The largest absolute Gasteiger partial charge is 0.417 e. The minimum Gasteiger partial charge on any atom is -0.390 e. The van der Waals surface area contributed by atoms with Gasteiger partial charge in [0.1, 0.15) is 0 Å². The third-order valence-electron chi connectivity index (χ3n) is 8.36. The van der Waals surface area contributed by atoms with Crippen LogP contribution in [0.2, 0.25) is 0 Å². The van der Waals surface area contributed by atoms with E-state index in [-0.39, 0.29) is 24.5 Å². The summed E-state index contributed by atoms with van der Waals surface area (Å²) < 4.78 is 43.7. The van der Waals surface area contributed by atoms with Gasteiger partial charge in [0.15, 0.2) is 0 Å². The Morgan fingerprint density at radius 1 is 1.00 bits per heavy atom. The van der Waals surface area contributed by atoms with Crippen LogP contribution in [0.1, 0.15) is 48.9 Å². The van der Waals surface area contributed by atoms with E-state index in [2.05, 4.69) is 9.80 Å². The molecule has 9 nitrogen and oxygen atoms in total. The molecule has 3 aliphatic rings. The summed E-state index contributed by atoms with van der Waals surface area (Å²) in [7, 11) is 0. The Balaban J connectivity index is 1.45. The van der Waals surface area contributed by atoms with Crippen LogP contribution in [0, 0.1) is 0 Å². The van der Waals surface area contributed by atoms with Gasteiger partial charge in [0.2, 0.25) is 0 Å². The normalized spacial score (nSPS) is 19.2. The van der Waals surface area contributed by atoms with Gasteiger partial charge < -0.3 is 25.5 Å². The number of nitrogens with two attached hydrogens (primary N) is 1. The summed E-state index contributed by atoms with van der Waals surface area (Å²) >= 11 is 1.19. The molecule has 3 aliphatic heterocycles. The molecule has 0 aliphatic carbocycles. The second kappa shape index (κ2) is 13.4. The van der Waals surface area contributed by atoms with Crippen LogP contribution >= 0.6 is 11.8 Å². The zero-order valence-corrected chi connectivity index (χ0v) is 24.6. The van der Waals surface area contributed by atoms with Crippen LogP contribution in [0.4, 0.5) is 13.2 Å². The van der Waals surface area contributed by atoms with Crippen molar-refractivity contribution in [1.82, 2.24) is 24.5 Å². The number of aromatic nitrogens is 2. The molecule has 1 aromatic carbocycles. The fraction of sp³-hybridized carbons (Fsp3) is 0.621. The number of nitrogens with zero attached hydrogens (tertiary/aromatic N) is 5. The van der Waals surface area contributed by atoms with Crippen molar-refractivity contribution in [2.75, 3.05) is 51.6 Å². The fourth-order valence-corrected chi connectivity index (χ4v) is 7.33. The van der Waals surface area contributed by atoms with E-state index in [4.69, 9.17) is 10.8 Å². The lowest BCUT2D eigenvalue weighted by atomic mass is 9.99. The molecule has 13 heteroatoms. The molecule has 5 rings (SSSR count). The van der Waals surface area contributed by atoms with Gasteiger partial charge in [-0.3, -0.25) is 14.3 Å². The van der Waals surface area contributed by atoms with E-state index in [0.29, 0.717) is 35.5 Å². The van der Waals surface area contributed by atoms with E-state index >= 15 is 0 Å². The third kappa shape index (κ3) is 7.29. The first-order chi connectivity index (χ1) is 20.1. The lowest BCUT2D eigenvalue weighted by Gasteiger charge is -2.29. The summed E-state index contributed by atoms with van der Waals surface area (Å²) in [5.41, 5.74) is 6.99. The van der Waals surface area contributed by atoms with Gasteiger partial charge in [-0.1, -0.05) is 12.5 Å². The van der Waals surface area contributed by atoms with Crippen molar-refractivity contribution in [2.45, 2.75) is 68.8 Å². The van der Waals surface area contributed by atoms with E-state index < -0.39 is 29.7 Å². The number of hydrogen-bond donors (Lipinski definition) is 2. The number of amides is 2. The second-order valence-corrected chi connectivity index (χ2v) is 12.6. The van der Waals surface area contributed by atoms with Crippen molar-refractivity contribution in [1.29, 1.82) is 0 Å². The summed E-state index contributed by atoms with van der Waals surface area (Å²) in [5.74, 6) is -1.34. The monoisotopic (exact) mass is 608 g/mol. The molecule has 2 amide bonds. The quantitative estimate of drug-likeness (QED) is 0.333. The summed E-state index contributed by atoms with van der Waals surface area (Å²) in [4.78, 5) is 30.1. The summed E-state index contributed by atoms with van der Waals surface area (Å²) in [6.45, 7) is 5.59. The van der Waals surface area contributed by atoms with Crippen LogP contribution < -0.4 is 5.73 Å². The van der Waals surface area contributed by atoms with Gasteiger partial charge in [0.05, 0.1) is 30.5 Å². The van der Waals surface area contributed by atoms with Crippen molar-refractivity contribution in [3.63, 3.8) is 0 Å². The number of halogens is 3. The number of likely N-dealkylation sites (tertiary alicyclic amines) is 2. The molecule has 0 radical (unpaired) electrons. The maximum Gasteiger partial charge on any atom is 0.417 e. The Morgan fingerprint density at radius 3 is 2.38 bits per heavy atom. The molecule has 2 fully saturated rings. The molecule has 2 aromatic rings. The van der Waals surface area contributed by atoms with Gasteiger partial charge in [0, 0.05) is 53.5 Å². The molecule has 3 N–H and O–H groups in total. The predicted octanol–water partition coefficient (Wildman–Crippen LogP) is 2.97. The number of carbonyl (C=O) groups excluding carboxylic acids is 2. The molecule has 42 heavy (non-hydrogen) atoms. The highest BCUT2D eigenvalue weighted by Gasteiger charge is 2.35. The molecule has 0 unspecified atom stereocenters. The standard InChI is InChI=1S/C29H39F3N6O3S/c30-29(31,32)23-7-6-20(16-25(23)42-15-14-35-9-4-5-10-35)26-22-19-37(28(41)27(33)40)13-8-24(22)38(34-26)18-21(39)17-36-11-2-1-3-12-36/h6-7,16,21,39H,1-5,8-15,17-19H2,(H2,33,40)/t21-/m0/s1. The molecular weight excluding hydrogens is 569 g/mol. The highest BCUT2D eigenvalue weighted by Crippen LogP contribution is 2.40. The maximum atomic E-state index is 14.0. The van der Waals surface area contributed by atoms with E-state index in [1.54, 1.807) is 4.68 Å². The molecule has 230 valence electrons. The molecular formula is C29H39F3N6O3S. The third-order valence-corrected chi connectivity index (χ3v) is 9.39. The minimum atomic E-state index is -4.50. The number of fused-ring (bicyclic) bond motifs is 1. The summed E-state index contributed by atoms with van der Waals surface area (Å²) in [5, 5.41) is 15.7. The Hall–Kier alpha value is -2.61. The highest BCUT2D eigenvalue weighted by atomic mass is 32.2. The lowest BCUT2D eigenvalue weighted by Crippen LogP contribution is -2.43. The Kier molecular flexibility index (Phi) is 9.81. The van der Waals surface area contributed by atoms with Gasteiger partial charge in [-0.15, -0.1) is 11.8 Å². The predicted molar refractivity (Wildman–Crippen MR) is 154 cm³/mol. The Bertz CT molecular complexity index is 1270. The smallest absolute Gasteiger partial charge is 0.390 e. The number of piperidine rings is 1. The molecule has 0 bridgehead atoms. The Labute approximate surface area is 248 Å². The Morgan fingerprint density at radius 2 is 1.69 bits per heavy atom. The zero-order valence-electron chi connectivity index (χ0n) is 23.7. The van der Waals surface area contributed by atoms with Crippen LogP contribution in [0.5, 0.6) is 0 Å². The first-order valence-corrected chi connectivity index (χ1v) is 15.7. The van der Waals surface area contributed by atoms with E-state index in [1.165, 1.54) is 35.2 Å². The molecule has 4 heterocycles. The first-order valence-electron chi connectivity index (χ1n) is 14.7. The van der Waals surface area contributed by atoms with Crippen LogP contribution in [-0.2, 0) is 35.3 Å². The average molecular weight is 609 g/mol. The summed E-state index contributed by atoms with van der Waals surface area (Å²) in [6, 6.07) is 4.04. The van der Waals surface area contributed by atoms with Gasteiger partial charge in [0.25, 0.3) is 0 Å². The number of aliphatic hydroxyl groups excluding tert-OH is 1. The van der Waals surface area contributed by atoms with Crippen LogP contribution in [0.3, 0.4) is 0 Å². The number of primary amides is 1. The van der Waals surface area contributed by atoms with E-state index in [9.17, 15) is 27.9 Å². The zero-order chi connectivity index (χ0) is 29.9. The van der Waals surface area contributed by atoms with Crippen LogP contribution in [0.25, 0.3) is 11.3 Å². The number of benzene rings is 1. The lowest BCUT2D eigenvalue weighted by molar-refractivity contribution is -0.144. The number of β-amino-alcohol motifs (C(OH)–C–C–N with tert-alkyl or cyclic N) is 1. The topological polar surface area (TPSA) is 108 Å². The van der Waals surface area contributed by atoms with Gasteiger partial charge in [-0.2, -0.15) is 18.3 Å². The van der Waals surface area contributed by atoms with Crippen molar-refractivity contribution < 1.29 is 27.9 Å². The van der Waals surface area contributed by atoms with Crippen molar-refractivity contribution >= 4 is 23.6 Å². The molecule has 2 saturated heterocycles. The van der Waals surface area contributed by atoms with Crippen molar-refractivity contribution in [3.05, 3.63) is 35.0 Å². The minimum absolute atomic E-state index is 0.0626. The second-order valence-electron chi connectivity index (χ2n) is 11.4. The van der Waals surface area contributed by atoms with Crippen molar-refractivity contribution in [2.24, 2.45) is 5.73 Å². The number of thioether (sulfide) groups is 1. The SMILES string of the molecule is NC(=O)C(=O)N1CCc2c(c(-c3ccc(C(F)(F)F)c(SCCN4CCCC4)c3)nn2C[C@@H](O)CN2CCCCC2)C1.